The summed E-state index contributed by atoms with van der Waals surface area (Å²) in [6, 6.07) is 6.19. The quantitative estimate of drug-likeness (QED) is 0.365. The van der Waals surface area contributed by atoms with Gasteiger partial charge in [-0.3, -0.25) is 9.59 Å². The van der Waals surface area contributed by atoms with Crippen molar-refractivity contribution in [2.45, 2.75) is 6.18 Å². The molecule has 0 saturated carbocycles. The van der Waals surface area contributed by atoms with Crippen molar-refractivity contribution in [1.29, 1.82) is 0 Å². The highest BCUT2D eigenvalue weighted by Gasteiger charge is 2.36. The second-order valence-corrected chi connectivity index (χ2v) is 6.86. The Morgan fingerprint density at radius 1 is 1.12 bits per heavy atom. The van der Waals surface area contributed by atoms with Gasteiger partial charge < -0.3 is 15.3 Å². The summed E-state index contributed by atoms with van der Waals surface area (Å²) >= 11 is 0. The van der Waals surface area contributed by atoms with Crippen molar-refractivity contribution >= 4 is 28.9 Å². The fraction of sp³-hybridized carbons (Fsp3) is 0.0952. The fourth-order valence-electron chi connectivity index (χ4n) is 3.15. The first-order valence-electron chi connectivity index (χ1n) is 9.21. The Labute approximate surface area is 178 Å². The number of imidazole rings is 1. The summed E-state index contributed by atoms with van der Waals surface area (Å²) in [4.78, 5) is 39.0. The number of hydrogen-bond donors (Lipinski definition) is 2. The van der Waals surface area contributed by atoms with Gasteiger partial charge in [0.25, 0.3) is 0 Å². The maximum atomic E-state index is 13.0. The molecule has 1 amide bonds. The minimum Gasteiger partial charge on any atom is -0.366 e. The highest BCUT2D eigenvalue weighted by Crippen LogP contribution is 2.30. The number of ketones is 1. The molecule has 11 heteroatoms. The number of H-pyrrole nitrogens is 1. The van der Waals surface area contributed by atoms with Crippen molar-refractivity contribution in [2.24, 2.45) is 12.8 Å². The Morgan fingerprint density at radius 3 is 2.47 bits per heavy atom. The number of aromatic nitrogens is 5. The molecular weight excluding hydrogens is 425 g/mol. The molecule has 162 valence electrons. The number of nitrogens with one attached hydrogen (secondary N) is 1. The number of rotatable bonds is 5. The van der Waals surface area contributed by atoms with E-state index < -0.39 is 23.6 Å². The predicted molar refractivity (Wildman–Crippen MR) is 109 cm³/mol. The molecule has 3 N–H and O–H groups in total. The molecule has 0 spiro atoms. The van der Waals surface area contributed by atoms with Crippen molar-refractivity contribution in [1.82, 2.24) is 24.5 Å². The first-order valence-corrected chi connectivity index (χ1v) is 9.21. The lowest BCUT2D eigenvalue weighted by Gasteiger charge is -2.08. The van der Waals surface area contributed by atoms with Crippen LogP contribution in [0.2, 0.25) is 0 Å². The molecule has 3 aromatic heterocycles. The monoisotopic (exact) mass is 440 g/mol. The van der Waals surface area contributed by atoms with Crippen molar-refractivity contribution in [3.63, 3.8) is 0 Å². The third kappa shape index (κ3) is 3.87. The Hall–Kier alpha value is -4.28. The Morgan fingerprint density at radius 2 is 1.84 bits per heavy atom. The molecule has 4 rings (SSSR count). The first kappa shape index (κ1) is 21.0. The number of hydrogen-bond acceptors (Lipinski definition) is 5. The standard InChI is InChI=1S/C21H15F3N6O2/c1-30-15(21(22,23)24)10-28-20(30)18(32)12-4-2-11(3-5-12)14-9-27-19-17(29-14)13(8-26-19)6-7-16(25)31/h2-10H,1H3,(H2,25,31)(H,26,27)/b7-6+. The van der Waals surface area contributed by atoms with E-state index >= 15 is 0 Å². The van der Waals surface area contributed by atoms with Gasteiger partial charge in [-0.1, -0.05) is 24.3 Å². The number of fused-ring (bicyclic) bond motifs is 1. The zero-order chi connectivity index (χ0) is 23.0. The van der Waals surface area contributed by atoms with E-state index in [0.717, 1.165) is 11.6 Å². The number of amides is 1. The minimum atomic E-state index is -4.61. The zero-order valence-corrected chi connectivity index (χ0v) is 16.5. The molecule has 1 aromatic carbocycles. The third-order valence-electron chi connectivity index (χ3n) is 4.76. The second kappa shape index (κ2) is 7.76. The largest absolute Gasteiger partial charge is 0.433 e. The van der Waals surface area contributed by atoms with E-state index in [-0.39, 0.29) is 11.4 Å². The Bertz CT molecular complexity index is 1370. The molecule has 0 aliphatic heterocycles. The van der Waals surface area contributed by atoms with E-state index in [1.807, 2.05) is 0 Å². The van der Waals surface area contributed by atoms with Crippen LogP contribution in [-0.4, -0.2) is 36.2 Å². The van der Waals surface area contributed by atoms with Crippen LogP contribution in [0.25, 0.3) is 28.5 Å². The smallest absolute Gasteiger partial charge is 0.366 e. The highest BCUT2D eigenvalue weighted by atomic mass is 19.4. The maximum Gasteiger partial charge on any atom is 0.433 e. The molecule has 0 unspecified atom stereocenters. The van der Waals surface area contributed by atoms with Crippen LogP contribution in [0.4, 0.5) is 13.2 Å². The van der Waals surface area contributed by atoms with Gasteiger partial charge in [-0.2, -0.15) is 13.2 Å². The van der Waals surface area contributed by atoms with Crippen LogP contribution >= 0.6 is 0 Å². The third-order valence-corrected chi connectivity index (χ3v) is 4.76. The number of halogens is 3. The van der Waals surface area contributed by atoms with Crippen LogP contribution in [0.15, 0.2) is 48.9 Å². The number of alkyl halides is 3. The van der Waals surface area contributed by atoms with Gasteiger partial charge in [0.05, 0.1) is 18.1 Å². The van der Waals surface area contributed by atoms with Crippen LogP contribution in [-0.2, 0) is 18.0 Å². The number of aromatic amines is 1. The molecule has 0 radical (unpaired) electrons. The number of nitrogens with zero attached hydrogens (tertiary/aromatic N) is 4. The van der Waals surface area contributed by atoms with Crippen LogP contribution < -0.4 is 5.73 Å². The van der Waals surface area contributed by atoms with E-state index in [1.54, 1.807) is 18.3 Å². The van der Waals surface area contributed by atoms with Crippen molar-refractivity contribution in [3.05, 3.63) is 71.6 Å². The number of primary amides is 1. The molecular formula is C21H15F3N6O2. The lowest BCUT2D eigenvalue weighted by molar-refractivity contribution is -0.143. The minimum absolute atomic E-state index is 0.178. The van der Waals surface area contributed by atoms with Crippen LogP contribution in [0.3, 0.4) is 0 Å². The molecule has 0 aliphatic rings. The van der Waals surface area contributed by atoms with Gasteiger partial charge in [0.2, 0.25) is 11.7 Å². The lowest BCUT2D eigenvalue weighted by atomic mass is 10.1. The van der Waals surface area contributed by atoms with Gasteiger partial charge in [0.1, 0.15) is 11.2 Å². The van der Waals surface area contributed by atoms with E-state index in [9.17, 15) is 22.8 Å². The van der Waals surface area contributed by atoms with Gasteiger partial charge in [0, 0.05) is 36.0 Å². The SMILES string of the molecule is Cn1c(C(F)(F)F)cnc1C(=O)c1ccc(-c2cnc3[nH]cc(/C=C/C(N)=O)c3n2)cc1. The summed E-state index contributed by atoms with van der Waals surface area (Å²) in [6.07, 6.45) is 1.92. The number of carbonyl (C=O) groups is 2. The molecule has 32 heavy (non-hydrogen) atoms. The summed E-state index contributed by atoms with van der Waals surface area (Å²) < 4.78 is 39.6. The van der Waals surface area contributed by atoms with E-state index in [2.05, 4.69) is 19.9 Å². The molecule has 8 nitrogen and oxygen atoms in total. The number of benzene rings is 1. The number of carbonyl (C=O) groups excluding carboxylic acids is 2. The van der Waals surface area contributed by atoms with E-state index in [4.69, 9.17) is 5.73 Å². The molecule has 4 aromatic rings. The Kier molecular flexibility index (Phi) is 5.09. The average Bonchev–Trinajstić information content (AvgIpc) is 3.34. The number of nitrogens with two attached hydrogens (primary N) is 1. The lowest BCUT2D eigenvalue weighted by Crippen LogP contribution is -2.15. The van der Waals surface area contributed by atoms with Gasteiger partial charge >= 0.3 is 6.18 Å². The van der Waals surface area contributed by atoms with E-state index in [1.165, 1.54) is 30.5 Å². The zero-order valence-electron chi connectivity index (χ0n) is 16.5. The van der Waals surface area contributed by atoms with E-state index in [0.29, 0.717) is 34.2 Å². The van der Waals surface area contributed by atoms with Gasteiger partial charge in [-0.25, -0.2) is 15.0 Å². The summed E-state index contributed by atoms with van der Waals surface area (Å²) in [5.41, 5.74) is 7.09. The molecule has 0 saturated heterocycles. The second-order valence-electron chi connectivity index (χ2n) is 6.86. The first-order chi connectivity index (χ1) is 15.1. The topological polar surface area (TPSA) is 120 Å². The fourth-order valence-corrected chi connectivity index (χ4v) is 3.15. The normalized spacial score (nSPS) is 12.0. The summed E-state index contributed by atoms with van der Waals surface area (Å²) in [5, 5.41) is 0. The van der Waals surface area contributed by atoms with Crippen molar-refractivity contribution in [2.75, 3.05) is 0 Å². The molecule has 0 bridgehead atoms. The average molecular weight is 440 g/mol. The summed E-state index contributed by atoms with van der Waals surface area (Å²) in [7, 11) is 1.14. The predicted octanol–water partition coefficient (Wildman–Crippen LogP) is 3.11. The molecule has 0 atom stereocenters. The van der Waals surface area contributed by atoms with Gasteiger partial charge in [-0.05, 0) is 6.08 Å². The van der Waals surface area contributed by atoms with Crippen molar-refractivity contribution in [3.8, 4) is 11.3 Å². The molecule has 3 heterocycles. The van der Waals surface area contributed by atoms with Gasteiger partial charge in [-0.15, -0.1) is 0 Å². The van der Waals surface area contributed by atoms with Crippen LogP contribution in [0, 0.1) is 0 Å². The maximum absolute atomic E-state index is 13.0. The van der Waals surface area contributed by atoms with Crippen molar-refractivity contribution < 1.29 is 22.8 Å². The van der Waals surface area contributed by atoms with Crippen LogP contribution in [0.5, 0.6) is 0 Å². The Balaban J connectivity index is 1.63. The molecule has 0 fully saturated rings. The highest BCUT2D eigenvalue weighted by molar-refractivity contribution is 6.07. The van der Waals surface area contributed by atoms with Crippen LogP contribution in [0.1, 0.15) is 27.4 Å². The summed E-state index contributed by atoms with van der Waals surface area (Å²) in [6.45, 7) is 0. The van der Waals surface area contributed by atoms with Gasteiger partial charge in [0.15, 0.2) is 11.5 Å². The molecule has 0 aliphatic carbocycles. The summed E-state index contributed by atoms with van der Waals surface area (Å²) in [5.74, 6) is -1.55.